The molecule has 32 heavy (non-hydrogen) atoms. The minimum atomic E-state index is -4.48. The smallest absolute Gasteiger partial charge is 0.362 e. The van der Waals surface area contributed by atoms with E-state index in [2.05, 4.69) is 15.0 Å². The number of imidazole rings is 1. The molecule has 1 amide bonds. The molecule has 0 unspecified atom stereocenters. The average molecular weight is 463 g/mol. The molecule has 1 saturated heterocycles. The summed E-state index contributed by atoms with van der Waals surface area (Å²) in [7, 11) is -4.48. The van der Waals surface area contributed by atoms with Gasteiger partial charge >= 0.3 is 10.3 Å². The molecule has 3 heterocycles. The number of nitrogens with one attached hydrogen (secondary N) is 1. The predicted octanol–water partition coefficient (Wildman–Crippen LogP) is -1.98. The zero-order valence-corrected chi connectivity index (χ0v) is 17.4. The van der Waals surface area contributed by atoms with Crippen LogP contribution >= 0.6 is 0 Å². The molecule has 0 spiro atoms. The molecule has 1 fully saturated rings. The van der Waals surface area contributed by atoms with Crippen molar-refractivity contribution < 1.29 is 22.1 Å². The number of nitrogen functional groups attached to an aromatic ring is 2. The van der Waals surface area contributed by atoms with Crippen LogP contribution in [0.5, 0.6) is 0 Å². The zero-order chi connectivity index (χ0) is 23.1. The molecule has 1 aliphatic heterocycles. The van der Waals surface area contributed by atoms with Crippen LogP contribution in [0.3, 0.4) is 0 Å². The maximum atomic E-state index is 12.2. The Balaban J connectivity index is 1.45. The highest BCUT2D eigenvalue weighted by molar-refractivity contribution is 7.85. The summed E-state index contributed by atoms with van der Waals surface area (Å²) < 4.78 is 38.2. The number of rotatable bonds is 6. The summed E-state index contributed by atoms with van der Waals surface area (Å²) in [4.78, 5) is 24.4. The van der Waals surface area contributed by atoms with Gasteiger partial charge in [0, 0.05) is 5.69 Å². The monoisotopic (exact) mass is 463 g/mol. The van der Waals surface area contributed by atoms with Crippen LogP contribution in [0, 0.1) is 0 Å². The number of anilines is 2. The molecule has 3 aromatic rings. The molecule has 0 saturated carbocycles. The molecule has 0 bridgehead atoms. The molecule has 1 aliphatic rings. The molecule has 15 heteroatoms. The van der Waals surface area contributed by atoms with Crippen molar-refractivity contribution in [2.24, 2.45) is 11.5 Å². The molecule has 9 N–H and O–H groups in total. The van der Waals surface area contributed by atoms with Gasteiger partial charge in [-0.1, -0.05) is 12.1 Å². The predicted molar refractivity (Wildman–Crippen MR) is 113 cm³/mol. The summed E-state index contributed by atoms with van der Waals surface area (Å²) in [5, 5.41) is 0. The average Bonchev–Trinajstić information content (AvgIpc) is 3.30. The largest absolute Gasteiger partial charge is 0.398 e. The van der Waals surface area contributed by atoms with Crippen LogP contribution in [0.25, 0.3) is 11.2 Å². The van der Waals surface area contributed by atoms with Crippen molar-refractivity contribution >= 4 is 38.9 Å². The Hall–Kier alpha value is -3.37. The van der Waals surface area contributed by atoms with E-state index in [1.54, 1.807) is 16.9 Å². The molecular formula is C17H21N9O5S. The summed E-state index contributed by atoms with van der Waals surface area (Å²) in [6.07, 6.45) is 1.75. The van der Waals surface area contributed by atoms with Gasteiger partial charge < -0.3 is 27.7 Å². The van der Waals surface area contributed by atoms with Crippen molar-refractivity contribution in [3.8, 4) is 0 Å². The van der Waals surface area contributed by atoms with Gasteiger partial charge in [-0.2, -0.15) is 8.42 Å². The number of para-hydroxylation sites is 1. The van der Waals surface area contributed by atoms with Crippen molar-refractivity contribution in [2.45, 2.75) is 17.8 Å². The van der Waals surface area contributed by atoms with Gasteiger partial charge in [-0.25, -0.2) is 19.7 Å². The molecule has 170 valence electrons. The molecule has 1 aromatic carbocycles. The van der Waals surface area contributed by atoms with Crippen LogP contribution in [0.4, 0.5) is 11.5 Å². The Morgan fingerprint density at radius 1 is 1.28 bits per heavy atom. The zero-order valence-electron chi connectivity index (χ0n) is 16.6. The number of nitrogens with two attached hydrogens (primary N) is 4. The second-order valence-electron chi connectivity index (χ2n) is 7.17. The van der Waals surface area contributed by atoms with Gasteiger partial charge in [0.2, 0.25) is 0 Å². The number of nitrogens with zero attached hydrogens (tertiary/aromatic N) is 4. The molecular weight excluding hydrogens is 442 g/mol. The maximum Gasteiger partial charge on any atom is 0.362 e. The normalized spacial score (nSPS) is 23.4. The highest BCUT2D eigenvalue weighted by Crippen LogP contribution is 2.29. The number of benzene rings is 1. The molecule has 14 nitrogen and oxygen atoms in total. The van der Waals surface area contributed by atoms with Crippen LogP contribution in [0.15, 0.2) is 36.9 Å². The Morgan fingerprint density at radius 2 is 2.03 bits per heavy atom. The van der Waals surface area contributed by atoms with Crippen LogP contribution in [-0.2, 0) is 24.9 Å². The number of hydrogen-bond acceptors (Lipinski definition) is 12. The first-order valence-corrected chi connectivity index (χ1v) is 10.7. The topological polar surface area (TPSA) is 229 Å². The van der Waals surface area contributed by atoms with Crippen molar-refractivity contribution in [2.75, 3.05) is 24.7 Å². The fraction of sp³-hybridized carbons (Fsp3) is 0.294. The van der Waals surface area contributed by atoms with E-state index >= 15 is 0 Å². The summed E-state index contributed by atoms with van der Waals surface area (Å²) in [6.45, 7) is -0.568. The Kier molecular flexibility index (Phi) is 5.43. The summed E-state index contributed by atoms with van der Waals surface area (Å²) in [5.74, 6) is -0.763. The third-order valence-corrected chi connectivity index (χ3v) is 6.01. The SMILES string of the molecule is Nc1ccccc1C(=O)NS(=O)(=O)OC[C@H]1OC[C@@](N)(n2cnc3c(N)ncnc32)[C@@H]1N. The summed E-state index contributed by atoms with van der Waals surface area (Å²) >= 11 is 0. The third-order valence-electron chi connectivity index (χ3n) is 5.13. The minimum Gasteiger partial charge on any atom is -0.398 e. The Morgan fingerprint density at radius 3 is 2.78 bits per heavy atom. The van der Waals surface area contributed by atoms with Gasteiger partial charge in [0.1, 0.15) is 23.6 Å². The quantitative estimate of drug-likeness (QED) is 0.250. The van der Waals surface area contributed by atoms with E-state index in [0.29, 0.717) is 11.2 Å². The van der Waals surface area contributed by atoms with Gasteiger partial charge in [-0.05, 0) is 12.1 Å². The summed E-state index contributed by atoms with van der Waals surface area (Å²) in [5.41, 5.74) is 23.7. The molecule has 3 atom stereocenters. The van der Waals surface area contributed by atoms with E-state index in [1.807, 2.05) is 0 Å². The van der Waals surface area contributed by atoms with Gasteiger partial charge in [-0.3, -0.25) is 13.5 Å². The fourth-order valence-corrected chi connectivity index (χ4v) is 4.07. The number of hydrogen-bond donors (Lipinski definition) is 5. The highest BCUT2D eigenvalue weighted by Gasteiger charge is 2.48. The number of amides is 1. The second kappa shape index (κ2) is 7.95. The lowest BCUT2D eigenvalue weighted by Gasteiger charge is -2.30. The van der Waals surface area contributed by atoms with Crippen molar-refractivity contribution in [3.05, 3.63) is 42.5 Å². The van der Waals surface area contributed by atoms with Crippen LogP contribution in [0.1, 0.15) is 10.4 Å². The van der Waals surface area contributed by atoms with E-state index in [0.717, 1.165) is 0 Å². The van der Waals surface area contributed by atoms with E-state index in [9.17, 15) is 13.2 Å². The van der Waals surface area contributed by atoms with Crippen molar-refractivity contribution in [3.63, 3.8) is 0 Å². The number of carbonyl (C=O) groups excluding carboxylic acids is 1. The summed E-state index contributed by atoms with van der Waals surface area (Å²) in [6, 6.07) is 5.09. The fourth-order valence-electron chi connectivity index (χ4n) is 3.36. The number of aromatic nitrogens is 4. The van der Waals surface area contributed by atoms with Crippen LogP contribution in [0.2, 0.25) is 0 Å². The van der Waals surface area contributed by atoms with Gasteiger partial charge in [0.25, 0.3) is 5.91 Å². The Bertz CT molecular complexity index is 1280. The standard InChI is InChI=1S/C17H21N9O5S/c18-10-4-2-1-3-9(10)16(27)25-32(28,29)31-5-11-13(19)17(21,6-30-11)26-8-24-12-14(20)22-7-23-15(12)26/h1-4,7-8,11,13H,5-6,18-19,21H2,(H,25,27)(H2,20,22,23)/t11-,13-,17-/m1/s1. The molecule has 4 rings (SSSR count). The van der Waals surface area contributed by atoms with Gasteiger partial charge in [0.05, 0.1) is 31.1 Å². The van der Waals surface area contributed by atoms with Crippen molar-refractivity contribution in [1.29, 1.82) is 0 Å². The first-order valence-electron chi connectivity index (χ1n) is 9.28. The van der Waals surface area contributed by atoms with E-state index in [-0.39, 0.29) is 23.7 Å². The van der Waals surface area contributed by atoms with Crippen LogP contribution in [-0.4, -0.2) is 59.2 Å². The van der Waals surface area contributed by atoms with Crippen LogP contribution < -0.4 is 27.7 Å². The lowest BCUT2D eigenvalue weighted by molar-refractivity contribution is 0.0591. The first kappa shape index (κ1) is 21.8. The lowest BCUT2D eigenvalue weighted by atomic mass is 10.0. The first-order chi connectivity index (χ1) is 15.1. The minimum absolute atomic E-state index is 0.0114. The van der Waals surface area contributed by atoms with E-state index < -0.39 is 40.6 Å². The van der Waals surface area contributed by atoms with Gasteiger partial charge in [0.15, 0.2) is 11.5 Å². The van der Waals surface area contributed by atoms with E-state index in [4.69, 9.17) is 31.9 Å². The molecule has 0 aliphatic carbocycles. The highest BCUT2D eigenvalue weighted by atomic mass is 32.2. The number of carbonyl (C=O) groups is 1. The molecule has 0 radical (unpaired) electrons. The second-order valence-corrected chi connectivity index (χ2v) is 8.52. The lowest BCUT2D eigenvalue weighted by Crippen LogP contribution is -2.58. The Labute approximate surface area is 182 Å². The maximum absolute atomic E-state index is 12.2. The molecule has 2 aromatic heterocycles. The third kappa shape index (κ3) is 3.82. The van der Waals surface area contributed by atoms with E-state index in [1.165, 1.54) is 29.4 Å². The number of ether oxygens (including phenoxy) is 1. The van der Waals surface area contributed by atoms with Crippen molar-refractivity contribution in [1.82, 2.24) is 24.2 Å². The number of fused-ring (bicyclic) bond motifs is 1. The van der Waals surface area contributed by atoms with Gasteiger partial charge in [-0.15, -0.1) is 0 Å².